The van der Waals surface area contributed by atoms with Crippen LogP contribution in [0.4, 0.5) is 5.69 Å². The maximum Gasteiger partial charge on any atom is 0.106 e. The van der Waals surface area contributed by atoms with Crippen molar-refractivity contribution in [1.29, 1.82) is 0 Å². The Kier molecular flexibility index (Phi) is 5.32. The van der Waals surface area contributed by atoms with Gasteiger partial charge in [-0.3, -0.25) is 0 Å². The molecule has 0 heterocycles. The van der Waals surface area contributed by atoms with Gasteiger partial charge in [0.15, 0.2) is 0 Å². The van der Waals surface area contributed by atoms with Crippen LogP contribution in [0.15, 0.2) is 18.2 Å². The number of para-hydroxylation sites is 1. The molecule has 0 aliphatic rings. The molecule has 0 spiro atoms. The standard InChI is InChI=1S/C15H25N3S/c1-11-7-6-8-12(14(16)19)13(11)17-9-15(2,3)10-18(4)5/h6-8,17H,9-10H2,1-5H3,(H2,16,19). The highest BCUT2D eigenvalue weighted by Crippen LogP contribution is 2.23. The monoisotopic (exact) mass is 279 g/mol. The summed E-state index contributed by atoms with van der Waals surface area (Å²) in [4.78, 5) is 2.64. The average molecular weight is 279 g/mol. The molecule has 0 radical (unpaired) electrons. The van der Waals surface area contributed by atoms with Crippen LogP contribution in [0.5, 0.6) is 0 Å². The van der Waals surface area contributed by atoms with Crippen LogP contribution in [0.25, 0.3) is 0 Å². The van der Waals surface area contributed by atoms with Crippen molar-refractivity contribution in [3.63, 3.8) is 0 Å². The number of nitrogens with two attached hydrogens (primary N) is 1. The largest absolute Gasteiger partial charge is 0.389 e. The molecule has 0 aliphatic heterocycles. The molecular weight excluding hydrogens is 254 g/mol. The number of nitrogens with one attached hydrogen (secondary N) is 1. The van der Waals surface area contributed by atoms with Crippen LogP contribution in [0.1, 0.15) is 25.0 Å². The number of aryl methyl sites for hydroxylation is 1. The van der Waals surface area contributed by atoms with E-state index in [1.165, 1.54) is 5.56 Å². The van der Waals surface area contributed by atoms with E-state index in [1.807, 2.05) is 12.1 Å². The first-order valence-corrected chi connectivity index (χ1v) is 6.92. The minimum Gasteiger partial charge on any atom is -0.389 e. The Bertz CT molecular complexity index is 453. The summed E-state index contributed by atoms with van der Waals surface area (Å²) >= 11 is 5.12. The lowest BCUT2D eigenvalue weighted by atomic mass is 9.92. The van der Waals surface area contributed by atoms with Crippen molar-refractivity contribution in [2.24, 2.45) is 11.1 Å². The molecule has 0 saturated carbocycles. The second-order valence-corrected chi connectivity index (χ2v) is 6.56. The van der Waals surface area contributed by atoms with Crippen LogP contribution in [-0.2, 0) is 0 Å². The topological polar surface area (TPSA) is 41.3 Å². The number of thiocarbonyl (C=S) groups is 1. The summed E-state index contributed by atoms with van der Waals surface area (Å²) in [6.45, 7) is 8.47. The maximum absolute atomic E-state index is 5.79. The van der Waals surface area contributed by atoms with Gasteiger partial charge >= 0.3 is 0 Å². The highest BCUT2D eigenvalue weighted by atomic mass is 32.1. The Morgan fingerprint density at radius 1 is 1.37 bits per heavy atom. The first kappa shape index (κ1) is 15.9. The van der Waals surface area contributed by atoms with Crippen LogP contribution in [0, 0.1) is 12.3 Å². The number of hydrogen-bond acceptors (Lipinski definition) is 3. The zero-order valence-corrected chi connectivity index (χ0v) is 13.4. The fourth-order valence-corrected chi connectivity index (χ4v) is 2.52. The molecule has 106 valence electrons. The summed E-state index contributed by atoms with van der Waals surface area (Å²) in [5, 5.41) is 3.51. The molecule has 19 heavy (non-hydrogen) atoms. The minimum atomic E-state index is 0.180. The molecule has 1 rings (SSSR count). The van der Waals surface area contributed by atoms with Gasteiger partial charge in [0, 0.05) is 24.3 Å². The number of nitrogens with zero attached hydrogens (tertiary/aromatic N) is 1. The van der Waals surface area contributed by atoms with E-state index in [0.29, 0.717) is 4.99 Å². The van der Waals surface area contributed by atoms with E-state index in [-0.39, 0.29) is 5.41 Å². The second kappa shape index (κ2) is 6.35. The van der Waals surface area contributed by atoms with Crippen molar-refractivity contribution in [2.75, 3.05) is 32.5 Å². The molecular formula is C15H25N3S. The van der Waals surface area contributed by atoms with Crippen LogP contribution in [0.3, 0.4) is 0 Å². The Morgan fingerprint density at radius 3 is 2.53 bits per heavy atom. The highest BCUT2D eigenvalue weighted by molar-refractivity contribution is 7.80. The quantitative estimate of drug-likeness (QED) is 0.786. The molecule has 0 atom stereocenters. The van der Waals surface area contributed by atoms with E-state index in [2.05, 4.69) is 51.1 Å². The normalized spacial score (nSPS) is 11.7. The summed E-state index contributed by atoms with van der Waals surface area (Å²) in [5.41, 5.74) is 9.12. The smallest absolute Gasteiger partial charge is 0.106 e. The highest BCUT2D eigenvalue weighted by Gasteiger charge is 2.19. The van der Waals surface area contributed by atoms with Gasteiger partial charge in [-0.1, -0.05) is 38.2 Å². The van der Waals surface area contributed by atoms with Gasteiger partial charge < -0.3 is 16.0 Å². The number of benzene rings is 1. The van der Waals surface area contributed by atoms with Crippen LogP contribution >= 0.6 is 12.2 Å². The van der Waals surface area contributed by atoms with E-state index in [4.69, 9.17) is 18.0 Å². The van der Waals surface area contributed by atoms with Gasteiger partial charge in [0.2, 0.25) is 0 Å². The maximum atomic E-state index is 5.79. The van der Waals surface area contributed by atoms with Crippen molar-refractivity contribution >= 4 is 22.9 Å². The molecule has 3 N–H and O–H groups in total. The van der Waals surface area contributed by atoms with E-state index in [0.717, 1.165) is 24.3 Å². The lowest BCUT2D eigenvalue weighted by Gasteiger charge is -2.29. The average Bonchev–Trinajstić information content (AvgIpc) is 2.25. The first-order valence-electron chi connectivity index (χ1n) is 6.51. The summed E-state index contributed by atoms with van der Waals surface area (Å²) in [6.07, 6.45) is 0. The van der Waals surface area contributed by atoms with Crippen LogP contribution in [0.2, 0.25) is 0 Å². The third-order valence-electron chi connectivity index (χ3n) is 3.03. The molecule has 4 heteroatoms. The van der Waals surface area contributed by atoms with E-state index in [9.17, 15) is 0 Å². The molecule has 0 unspecified atom stereocenters. The lowest BCUT2D eigenvalue weighted by molar-refractivity contribution is 0.254. The molecule has 0 aliphatic carbocycles. The number of hydrogen-bond donors (Lipinski definition) is 2. The zero-order chi connectivity index (χ0) is 14.6. The van der Waals surface area contributed by atoms with Crippen LogP contribution < -0.4 is 11.1 Å². The lowest BCUT2D eigenvalue weighted by Crippen LogP contribution is -2.34. The Morgan fingerprint density at radius 2 is 2.00 bits per heavy atom. The third-order valence-corrected chi connectivity index (χ3v) is 3.25. The molecule has 1 aromatic carbocycles. The number of anilines is 1. The Balaban J connectivity index is 2.86. The van der Waals surface area contributed by atoms with Gasteiger partial charge in [0.1, 0.15) is 4.99 Å². The van der Waals surface area contributed by atoms with Gasteiger partial charge in [-0.15, -0.1) is 0 Å². The van der Waals surface area contributed by atoms with Gasteiger partial charge in [-0.2, -0.15) is 0 Å². The van der Waals surface area contributed by atoms with E-state index < -0.39 is 0 Å². The van der Waals surface area contributed by atoms with Crippen molar-refractivity contribution in [3.8, 4) is 0 Å². The SMILES string of the molecule is Cc1cccc(C(N)=S)c1NCC(C)(C)CN(C)C. The van der Waals surface area contributed by atoms with Crippen molar-refractivity contribution in [1.82, 2.24) is 4.90 Å². The minimum absolute atomic E-state index is 0.180. The Labute approximate surface area is 122 Å². The summed E-state index contributed by atoms with van der Waals surface area (Å²) in [7, 11) is 4.19. The molecule has 1 aromatic rings. The predicted octanol–water partition coefficient (Wildman–Crippen LogP) is 2.63. The fourth-order valence-electron chi connectivity index (χ4n) is 2.35. The second-order valence-electron chi connectivity index (χ2n) is 6.12. The summed E-state index contributed by atoms with van der Waals surface area (Å²) in [5.74, 6) is 0. The van der Waals surface area contributed by atoms with E-state index in [1.54, 1.807) is 0 Å². The number of rotatable bonds is 6. The van der Waals surface area contributed by atoms with Crippen molar-refractivity contribution in [2.45, 2.75) is 20.8 Å². The Hall–Kier alpha value is -1.13. The fraction of sp³-hybridized carbons (Fsp3) is 0.533. The van der Waals surface area contributed by atoms with Crippen LogP contribution in [-0.4, -0.2) is 37.1 Å². The van der Waals surface area contributed by atoms with Crippen molar-refractivity contribution < 1.29 is 0 Å². The predicted molar refractivity (Wildman–Crippen MR) is 87.9 cm³/mol. The molecule has 0 amide bonds. The van der Waals surface area contributed by atoms with Gasteiger partial charge in [0.25, 0.3) is 0 Å². The molecule has 3 nitrogen and oxygen atoms in total. The van der Waals surface area contributed by atoms with Gasteiger partial charge in [0.05, 0.1) is 0 Å². The molecule has 0 aromatic heterocycles. The zero-order valence-electron chi connectivity index (χ0n) is 12.6. The first-order chi connectivity index (χ1) is 8.73. The molecule has 0 saturated heterocycles. The molecule has 0 fully saturated rings. The van der Waals surface area contributed by atoms with Gasteiger partial charge in [-0.05, 0) is 38.1 Å². The molecule has 0 bridgehead atoms. The summed E-state index contributed by atoms with van der Waals surface area (Å²) in [6, 6.07) is 6.03. The summed E-state index contributed by atoms with van der Waals surface area (Å²) < 4.78 is 0. The van der Waals surface area contributed by atoms with Crippen molar-refractivity contribution in [3.05, 3.63) is 29.3 Å². The van der Waals surface area contributed by atoms with Gasteiger partial charge in [-0.25, -0.2) is 0 Å². The van der Waals surface area contributed by atoms with E-state index >= 15 is 0 Å². The third kappa shape index (κ3) is 4.80.